The van der Waals surface area contributed by atoms with Crippen molar-refractivity contribution in [1.29, 1.82) is 0 Å². The van der Waals surface area contributed by atoms with Gasteiger partial charge in [-0.1, -0.05) is 24.3 Å². The number of fused-ring (bicyclic) bond motifs is 1. The normalized spacial score (nSPS) is 20.7. The summed E-state index contributed by atoms with van der Waals surface area (Å²) in [6, 6.07) is 7.94. The zero-order valence-electron chi connectivity index (χ0n) is 13.0. The summed E-state index contributed by atoms with van der Waals surface area (Å²) in [5.41, 5.74) is 1.55. The van der Waals surface area contributed by atoms with Gasteiger partial charge in [0.1, 0.15) is 0 Å². The molecular weight excluding hydrogens is 266 g/mol. The number of hydrogen-bond donors (Lipinski definition) is 3. The van der Waals surface area contributed by atoms with Crippen molar-refractivity contribution in [3.8, 4) is 0 Å². The lowest BCUT2D eigenvalue weighted by Crippen LogP contribution is -2.53. The minimum Gasteiger partial charge on any atom is -0.387 e. The highest BCUT2D eigenvalue weighted by molar-refractivity contribution is 5.82. The Hall–Kier alpha value is -1.43. The van der Waals surface area contributed by atoms with Gasteiger partial charge in [-0.05, 0) is 38.6 Å². The highest BCUT2D eigenvalue weighted by Gasteiger charge is 2.27. The third kappa shape index (κ3) is 4.52. The van der Waals surface area contributed by atoms with Crippen molar-refractivity contribution < 1.29 is 9.90 Å². The summed E-state index contributed by atoms with van der Waals surface area (Å²) in [6.45, 7) is 3.21. The molecular formula is C16H25N3O2. The minimum absolute atomic E-state index is 0.0523. The topological polar surface area (TPSA) is 64.6 Å². The van der Waals surface area contributed by atoms with Crippen LogP contribution in [0.3, 0.4) is 0 Å². The van der Waals surface area contributed by atoms with Gasteiger partial charge in [-0.3, -0.25) is 4.79 Å². The lowest BCUT2D eigenvalue weighted by molar-refractivity contribution is -0.124. The fourth-order valence-corrected chi connectivity index (χ4v) is 2.78. The molecule has 0 aromatic heterocycles. The van der Waals surface area contributed by atoms with E-state index in [0.29, 0.717) is 19.5 Å². The summed E-state index contributed by atoms with van der Waals surface area (Å²) in [5, 5.41) is 16.3. The first kappa shape index (κ1) is 15.9. The van der Waals surface area contributed by atoms with Crippen molar-refractivity contribution in [2.75, 3.05) is 27.2 Å². The SMILES string of the molecule is CN(C)CC(C)(O)CNC(=O)[C@H]1Cc2ccccc2CN1. The Kier molecular flexibility index (Phi) is 4.98. The molecule has 1 aliphatic rings. The van der Waals surface area contributed by atoms with Crippen LogP contribution in [-0.4, -0.2) is 54.7 Å². The Morgan fingerprint density at radius 1 is 1.43 bits per heavy atom. The Bertz CT molecular complexity index is 500. The first-order chi connectivity index (χ1) is 9.87. The molecule has 0 saturated heterocycles. The van der Waals surface area contributed by atoms with Crippen LogP contribution in [0.5, 0.6) is 0 Å². The molecule has 5 nitrogen and oxygen atoms in total. The zero-order valence-corrected chi connectivity index (χ0v) is 13.0. The fraction of sp³-hybridized carbons (Fsp3) is 0.562. The largest absolute Gasteiger partial charge is 0.387 e. The van der Waals surface area contributed by atoms with Crippen LogP contribution in [0.1, 0.15) is 18.1 Å². The van der Waals surface area contributed by atoms with Gasteiger partial charge in [-0.2, -0.15) is 0 Å². The van der Waals surface area contributed by atoms with E-state index in [0.717, 1.165) is 0 Å². The maximum Gasteiger partial charge on any atom is 0.237 e. The molecule has 0 fully saturated rings. The van der Waals surface area contributed by atoms with Crippen molar-refractivity contribution in [1.82, 2.24) is 15.5 Å². The molecule has 1 amide bonds. The Morgan fingerprint density at radius 3 is 2.76 bits per heavy atom. The molecule has 0 spiro atoms. The monoisotopic (exact) mass is 291 g/mol. The van der Waals surface area contributed by atoms with E-state index >= 15 is 0 Å². The van der Waals surface area contributed by atoms with Crippen LogP contribution in [0, 0.1) is 0 Å². The van der Waals surface area contributed by atoms with E-state index in [2.05, 4.69) is 22.8 Å². The van der Waals surface area contributed by atoms with E-state index in [4.69, 9.17) is 0 Å². The number of aliphatic hydroxyl groups is 1. The average molecular weight is 291 g/mol. The van der Waals surface area contributed by atoms with Gasteiger partial charge in [0.15, 0.2) is 0 Å². The highest BCUT2D eigenvalue weighted by atomic mass is 16.3. The summed E-state index contributed by atoms with van der Waals surface area (Å²) in [4.78, 5) is 14.1. The fourth-order valence-electron chi connectivity index (χ4n) is 2.78. The van der Waals surface area contributed by atoms with Crippen LogP contribution >= 0.6 is 0 Å². The van der Waals surface area contributed by atoms with Gasteiger partial charge < -0.3 is 20.6 Å². The van der Waals surface area contributed by atoms with Crippen molar-refractivity contribution in [2.45, 2.75) is 31.5 Å². The maximum atomic E-state index is 12.2. The molecule has 1 heterocycles. The van der Waals surface area contributed by atoms with E-state index in [-0.39, 0.29) is 18.5 Å². The molecule has 0 bridgehead atoms. The molecule has 3 N–H and O–H groups in total. The summed E-state index contributed by atoms with van der Waals surface area (Å²) in [7, 11) is 3.80. The molecule has 0 radical (unpaired) electrons. The number of carbonyl (C=O) groups excluding carboxylic acids is 1. The number of likely N-dealkylation sites (N-methyl/N-ethyl adjacent to an activating group) is 1. The Labute approximate surface area is 126 Å². The van der Waals surface area contributed by atoms with Crippen LogP contribution in [-0.2, 0) is 17.8 Å². The van der Waals surface area contributed by atoms with Crippen molar-refractivity contribution >= 4 is 5.91 Å². The predicted molar refractivity (Wildman–Crippen MR) is 83.0 cm³/mol. The molecule has 1 aromatic carbocycles. The van der Waals surface area contributed by atoms with Crippen LogP contribution < -0.4 is 10.6 Å². The number of nitrogens with one attached hydrogen (secondary N) is 2. The number of benzene rings is 1. The van der Waals surface area contributed by atoms with Gasteiger partial charge in [0.2, 0.25) is 5.91 Å². The minimum atomic E-state index is -0.925. The first-order valence-electron chi connectivity index (χ1n) is 7.32. The molecule has 0 aliphatic carbocycles. The van der Waals surface area contributed by atoms with Crippen LogP contribution in [0.15, 0.2) is 24.3 Å². The molecule has 5 heteroatoms. The van der Waals surface area contributed by atoms with E-state index in [1.807, 2.05) is 31.1 Å². The second-order valence-corrected chi connectivity index (χ2v) is 6.36. The van der Waals surface area contributed by atoms with Gasteiger partial charge in [0.05, 0.1) is 11.6 Å². The van der Waals surface area contributed by atoms with E-state index in [9.17, 15) is 9.90 Å². The van der Waals surface area contributed by atoms with Crippen LogP contribution in [0.2, 0.25) is 0 Å². The molecule has 2 atom stereocenters. The summed E-state index contributed by atoms with van der Waals surface area (Å²) in [5.74, 6) is -0.0523. The smallest absolute Gasteiger partial charge is 0.237 e. The lowest BCUT2D eigenvalue weighted by Gasteiger charge is -2.29. The molecule has 0 saturated carbocycles. The van der Waals surface area contributed by atoms with Crippen molar-refractivity contribution in [3.05, 3.63) is 35.4 Å². The molecule has 116 valence electrons. The molecule has 1 aromatic rings. The Balaban J connectivity index is 1.88. The standard InChI is InChI=1S/C16H25N3O2/c1-16(21,11-19(2)3)10-18-15(20)14-8-12-6-4-5-7-13(12)9-17-14/h4-7,14,17,21H,8-11H2,1-3H3,(H,18,20)/t14-,16?/m1/s1. The van der Waals surface area contributed by atoms with Gasteiger partial charge in [-0.15, -0.1) is 0 Å². The number of carbonyl (C=O) groups is 1. The molecule has 1 aliphatic heterocycles. The number of amides is 1. The average Bonchev–Trinajstić information content (AvgIpc) is 2.43. The van der Waals surface area contributed by atoms with Crippen molar-refractivity contribution in [3.63, 3.8) is 0 Å². The van der Waals surface area contributed by atoms with E-state index in [1.165, 1.54) is 11.1 Å². The summed E-state index contributed by atoms with van der Waals surface area (Å²) < 4.78 is 0. The van der Waals surface area contributed by atoms with E-state index < -0.39 is 5.60 Å². The second kappa shape index (κ2) is 6.56. The van der Waals surface area contributed by atoms with Gasteiger partial charge in [0, 0.05) is 19.6 Å². The number of rotatable bonds is 5. The quantitative estimate of drug-likeness (QED) is 0.721. The molecule has 2 rings (SSSR count). The van der Waals surface area contributed by atoms with Gasteiger partial charge in [0.25, 0.3) is 0 Å². The summed E-state index contributed by atoms with van der Waals surface area (Å²) in [6.07, 6.45) is 0.692. The lowest BCUT2D eigenvalue weighted by atomic mass is 9.95. The highest BCUT2D eigenvalue weighted by Crippen LogP contribution is 2.16. The first-order valence-corrected chi connectivity index (χ1v) is 7.32. The third-order valence-electron chi connectivity index (χ3n) is 3.70. The zero-order chi connectivity index (χ0) is 15.5. The third-order valence-corrected chi connectivity index (χ3v) is 3.70. The molecule has 1 unspecified atom stereocenters. The maximum absolute atomic E-state index is 12.2. The number of hydrogen-bond acceptors (Lipinski definition) is 4. The Morgan fingerprint density at radius 2 is 2.10 bits per heavy atom. The second-order valence-electron chi connectivity index (χ2n) is 6.36. The van der Waals surface area contributed by atoms with Crippen LogP contribution in [0.25, 0.3) is 0 Å². The van der Waals surface area contributed by atoms with Gasteiger partial charge in [-0.25, -0.2) is 0 Å². The van der Waals surface area contributed by atoms with Crippen molar-refractivity contribution in [2.24, 2.45) is 0 Å². The van der Waals surface area contributed by atoms with E-state index in [1.54, 1.807) is 6.92 Å². The number of nitrogens with zero attached hydrogens (tertiary/aromatic N) is 1. The van der Waals surface area contributed by atoms with Gasteiger partial charge >= 0.3 is 0 Å². The predicted octanol–water partition coefficient (Wildman–Crippen LogP) is 0.130. The van der Waals surface area contributed by atoms with Crippen LogP contribution in [0.4, 0.5) is 0 Å². The summed E-state index contributed by atoms with van der Waals surface area (Å²) >= 11 is 0. The molecule has 21 heavy (non-hydrogen) atoms.